The van der Waals surface area contributed by atoms with Crippen molar-refractivity contribution in [1.29, 1.82) is 0 Å². The highest BCUT2D eigenvalue weighted by Crippen LogP contribution is 2.19. The molecular formula is C21H30N8O5. The number of guanidine groups is 1. The molecule has 13 nitrogen and oxygen atoms in total. The zero-order chi connectivity index (χ0) is 25.3. The van der Waals surface area contributed by atoms with Crippen LogP contribution in [0.3, 0.4) is 0 Å². The van der Waals surface area contributed by atoms with E-state index in [0.717, 1.165) is 16.5 Å². The number of fused-ring (bicyclic) bond motifs is 1. The zero-order valence-electron chi connectivity index (χ0n) is 18.5. The maximum absolute atomic E-state index is 13.0. The number of aromatic amines is 1. The number of nitrogens with zero attached hydrogens (tertiary/aromatic N) is 1. The van der Waals surface area contributed by atoms with E-state index >= 15 is 0 Å². The van der Waals surface area contributed by atoms with E-state index in [-0.39, 0.29) is 25.3 Å². The Hall–Kier alpha value is -4.13. The number of carbonyl (C=O) groups is 4. The maximum atomic E-state index is 13.0. The van der Waals surface area contributed by atoms with Gasteiger partial charge in [0.05, 0.1) is 12.5 Å². The summed E-state index contributed by atoms with van der Waals surface area (Å²) in [6.07, 6.45) is 1.84. The number of carbonyl (C=O) groups excluding carboxylic acids is 3. The van der Waals surface area contributed by atoms with Gasteiger partial charge in [-0.2, -0.15) is 0 Å². The molecule has 0 aliphatic carbocycles. The number of para-hydroxylation sites is 1. The number of aromatic nitrogens is 1. The summed E-state index contributed by atoms with van der Waals surface area (Å²) in [6, 6.07) is 3.72. The lowest BCUT2D eigenvalue weighted by molar-refractivity contribution is -0.143. The molecule has 0 aliphatic heterocycles. The Labute approximate surface area is 195 Å². The van der Waals surface area contributed by atoms with Crippen molar-refractivity contribution >= 4 is 40.6 Å². The number of aliphatic imine (C=N–C) groups is 1. The molecule has 0 aliphatic rings. The first kappa shape index (κ1) is 26.1. The number of carboxylic acid groups (broad SMARTS) is 1. The first-order valence-corrected chi connectivity index (χ1v) is 10.6. The molecule has 3 amide bonds. The fourth-order valence-corrected chi connectivity index (χ4v) is 3.33. The summed E-state index contributed by atoms with van der Waals surface area (Å²) in [4.78, 5) is 55.2. The normalized spacial score (nSPS) is 13.4. The largest absolute Gasteiger partial charge is 0.480 e. The van der Waals surface area contributed by atoms with E-state index in [9.17, 15) is 24.3 Å². The molecule has 3 atom stereocenters. The predicted octanol–water partition coefficient (Wildman–Crippen LogP) is -1.98. The molecule has 0 bridgehead atoms. The molecule has 1 aromatic carbocycles. The number of carboxylic acids is 1. The van der Waals surface area contributed by atoms with Gasteiger partial charge >= 0.3 is 5.97 Å². The molecule has 13 heteroatoms. The Morgan fingerprint density at radius 2 is 1.71 bits per heavy atom. The minimum Gasteiger partial charge on any atom is -0.480 e. The van der Waals surface area contributed by atoms with Gasteiger partial charge in [-0.25, -0.2) is 4.79 Å². The number of nitrogens with one attached hydrogen (secondary N) is 3. The lowest BCUT2D eigenvalue weighted by atomic mass is 10.0. The Balaban J connectivity index is 2.18. The topological polar surface area (TPSA) is 245 Å². The van der Waals surface area contributed by atoms with E-state index in [1.54, 1.807) is 6.20 Å². The number of rotatable bonds is 13. The number of primary amides is 1. The van der Waals surface area contributed by atoms with Crippen LogP contribution in [0.2, 0.25) is 0 Å². The van der Waals surface area contributed by atoms with Gasteiger partial charge in [0.1, 0.15) is 12.1 Å². The van der Waals surface area contributed by atoms with Crippen molar-refractivity contribution in [1.82, 2.24) is 15.6 Å². The van der Waals surface area contributed by atoms with Gasteiger partial charge in [-0.1, -0.05) is 18.2 Å². The lowest BCUT2D eigenvalue weighted by Crippen LogP contribution is -2.55. The summed E-state index contributed by atoms with van der Waals surface area (Å²) in [6.45, 7) is 0.288. The maximum Gasteiger partial charge on any atom is 0.326 e. The minimum absolute atomic E-state index is 0.0468. The van der Waals surface area contributed by atoms with Crippen molar-refractivity contribution in [3.63, 3.8) is 0 Å². The number of nitrogens with two attached hydrogens (primary N) is 4. The molecule has 1 aromatic heterocycles. The first-order valence-electron chi connectivity index (χ1n) is 10.6. The van der Waals surface area contributed by atoms with Crippen molar-refractivity contribution in [2.24, 2.45) is 27.9 Å². The van der Waals surface area contributed by atoms with Gasteiger partial charge in [0.25, 0.3) is 0 Å². The molecule has 34 heavy (non-hydrogen) atoms. The average molecular weight is 475 g/mol. The fourth-order valence-electron chi connectivity index (χ4n) is 3.33. The molecular weight excluding hydrogens is 444 g/mol. The lowest BCUT2D eigenvalue weighted by Gasteiger charge is -2.22. The molecule has 0 saturated heterocycles. The van der Waals surface area contributed by atoms with Gasteiger partial charge in [0.2, 0.25) is 17.7 Å². The SMILES string of the molecule is NC(=O)CC(NC(=O)C(Cc1c[nH]c2ccccc12)NC(=O)C(N)CCCN=C(N)N)C(=O)O. The van der Waals surface area contributed by atoms with Crippen LogP contribution in [-0.2, 0) is 25.6 Å². The van der Waals surface area contributed by atoms with E-state index in [2.05, 4.69) is 20.6 Å². The first-order chi connectivity index (χ1) is 16.1. The second kappa shape index (κ2) is 12.2. The van der Waals surface area contributed by atoms with Crippen LogP contribution in [0.4, 0.5) is 0 Å². The highest BCUT2D eigenvalue weighted by molar-refractivity contribution is 5.94. The van der Waals surface area contributed by atoms with Crippen LogP contribution < -0.4 is 33.6 Å². The van der Waals surface area contributed by atoms with Crippen molar-refractivity contribution < 1.29 is 24.3 Å². The monoisotopic (exact) mass is 474 g/mol. The predicted molar refractivity (Wildman–Crippen MR) is 125 cm³/mol. The van der Waals surface area contributed by atoms with Crippen molar-refractivity contribution in [3.05, 3.63) is 36.0 Å². The van der Waals surface area contributed by atoms with Crippen LogP contribution in [0.25, 0.3) is 10.9 Å². The van der Waals surface area contributed by atoms with Gasteiger partial charge < -0.3 is 43.7 Å². The van der Waals surface area contributed by atoms with Crippen LogP contribution in [0.15, 0.2) is 35.5 Å². The van der Waals surface area contributed by atoms with E-state index in [0.29, 0.717) is 6.42 Å². The van der Waals surface area contributed by atoms with Crippen molar-refractivity contribution in [2.45, 2.75) is 43.8 Å². The molecule has 12 N–H and O–H groups in total. The molecule has 2 rings (SSSR count). The van der Waals surface area contributed by atoms with Gasteiger partial charge in [-0.3, -0.25) is 19.4 Å². The smallest absolute Gasteiger partial charge is 0.326 e. The summed E-state index contributed by atoms with van der Waals surface area (Å²) in [5, 5.41) is 15.0. The molecule has 1 heterocycles. The molecule has 3 unspecified atom stereocenters. The molecule has 0 fully saturated rings. The van der Waals surface area contributed by atoms with E-state index in [1.807, 2.05) is 24.3 Å². The highest BCUT2D eigenvalue weighted by Gasteiger charge is 2.29. The number of aliphatic carboxylic acids is 1. The van der Waals surface area contributed by atoms with E-state index in [4.69, 9.17) is 22.9 Å². The summed E-state index contributed by atoms with van der Waals surface area (Å²) in [5.74, 6) is -3.79. The van der Waals surface area contributed by atoms with Crippen LogP contribution in [0.5, 0.6) is 0 Å². The summed E-state index contributed by atoms with van der Waals surface area (Å²) >= 11 is 0. The van der Waals surface area contributed by atoms with Gasteiger partial charge in [-0.05, 0) is 24.5 Å². The van der Waals surface area contributed by atoms with E-state index in [1.165, 1.54) is 0 Å². The summed E-state index contributed by atoms with van der Waals surface area (Å²) in [7, 11) is 0. The van der Waals surface area contributed by atoms with Crippen LogP contribution in [0, 0.1) is 0 Å². The molecule has 2 aromatic rings. The summed E-state index contributed by atoms with van der Waals surface area (Å²) in [5.41, 5.74) is 23.1. The third kappa shape index (κ3) is 7.78. The Bertz CT molecular complexity index is 1060. The molecule has 0 radical (unpaired) electrons. The fraction of sp³-hybridized carbons (Fsp3) is 0.381. The number of hydrogen-bond donors (Lipinski definition) is 8. The van der Waals surface area contributed by atoms with Gasteiger partial charge in [-0.15, -0.1) is 0 Å². The Morgan fingerprint density at radius 1 is 1.03 bits per heavy atom. The Morgan fingerprint density at radius 3 is 2.35 bits per heavy atom. The third-order valence-corrected chi connectivity index (χ3v) is 5.06. The van der Waals surface area contributed by atoms with Gasteiger partial charge in [0, 0.05) is 30.1 Å². The number of hydrogen-bond acceptors (Lipinski definition) is 6. The van der Waals surface area contributed by atoms with Gasteiger partial charge in [0.15, 0.2) is 5.96 Å². The van der Waals surface area contributed by atoms with E-state index < -0.39 is 48.2 Å². The minimum atomic E-state index is -1.54. The third-order valence-electron chi connectivity index (χ3n) is 5.06. The second-order valence-corrected chi connectivity index (χ2v) is 7.75. The number of amides is 3. The standard InChI is InChI=1S/C21H30N8O5/c22-13(5-3-7-26-21(24)25)18(31)28-15(19(32)29-16(20(33)34)9-17(23)30)8-11-10-27-14-6-2-1-4-12(11)14/h1-2,4,6,10,13,15-16,27H,3,5,7-9,22H2,(H2,23,30)(H,28,31)(H,29,32)(H,33,34)(H4,24,25,26). The quantitative estimate of drug-likeness (QED) is 0.0915. The number of benzene rings is 1. The molecule has 0 spiro atoms. The Kier molecular flexibility index (Phi) is 9.38. The van der Waals surface area contributed by atoms with Crippen LogP contribution in [0.1, 0.15) is 24.8 Å². The zero-order valence-corrected chi connectivity index (χ0v) is 18.5. The van der Waals surface area contributed by atoms with Crippen LogP contribution >= 0.6 is 0 Å². The second-order valence-electron chi connectivity index (χ2n) is 7.75. The number of H-pyrrole nitrogens is 1. The average Bonchev–Trinajstić information content (AvgIpc) is 3.17. The van der Waals surface area contributed by atoms with Crippen molar-refractivity contribution in [2.75, 3.05) is 6.54 Å². The molecule has 0 saturated carbocycles. The highest BCUT2D eigenvalue weighted by atomic mass is 16.4. The summed E-state index contributed by atoms with van der Waals surface area (Å²) < 4.78 is 0. The van der Waals surface area contributed by atoms with Crippen LogP contribution in [-0.4, -0.2) is 64.4 Å². The molecule has 184 valence electrons. The van der Waals surface area contributed by atoms with Crippen molar-refractivity contribution in [3.8, 4) is 0 Å².